The Labute approximate surface area is 127 Å². The van der Waals surface area contributed by atoms with Crippen LogP contribution in [-0.2, 0) is 10.0 Å². The van der Waals surface area contributed by atoms with Gasteiger partial charge in [0.05, 0.1) is 20.8 Å². The summed E-state index contributed by atoms with van der Waals surface area (Å²) in [6.45, 7) is 0. The number of hydrogen-bond acceptors (Lipinski definition) is 4. The van der Waals surface area contributed by atoms with E-state index >= 15 is 0 Å². The van der Waals surface area contributed by atoms with Crippen molar-refractivity contribution < 1.29 is 17.2 Å². The second-order valence-corrected chi connectivity index (χ2v) is 7.10. The minimum absolute atomic E-state index is 0.215. The summed E-state index contributed by atoms with van der Waals surface area (Å²) in [4.78, 5) is 13.2. The van der Waals surface area contributed by atoms with Crippen molar-refractivity contribution in [2.75, 3.05) is 4.72 Å². The van der Waals surface area contributed by atoms with Crippen molar-refractivity contribution in [1.29, 1.82) is 0 Å². The average Bonchev–Trinajstić information content (AvgIpc) is 2.80. The average molecular weight is 342 g/mol. The molecular weight excluding hydrogens is 334 g/mol. The predicted octanol–water partition coefficient (Wildman–Crippen LogP) is 2.67. The van der Waals surface area contributed by atoms with E-state index in [0.29, 0.717) is 16.3 Å². The molecule has 5 nitrogen and oxygen atoms in total. The van der Waals surface area contributed by atoms with Crippen molar-refractivity contribution in [2.24, 2.45) is 0 Å². The van der Waals surface area contributed by atoms with Crippen LogP contribution in [0.25, 0.3) is 10.2 Å². The third-order valence-corrected chi connectivity index (χ3v) is 5.10. The van der Waals surface area contributed by atoms with E-state index in [-0.39, 0.29) is 10.6 Å². The first-order valence-electron chi connectivity index (χ1n) is 5.96. The van der Waals surface area contributed by atoms with E-state index in [1.165, 1.54) is 12.1 Å². The van der Waals surface area contributed by atoms with Crippen LogP contribution >= 0.6 is 11.3 Å². The maximum atomic E-state index is 13.2. The van der Waals surface area contributed by atoms with Crippen LogP contribution in [-0.4, -0.2) is 13.4 Å². The summed E-state index contributed by atoms with van der Waals surface area (Å²) in [6, 6.07) is 6.80. The van der Waals surface area contributed by atoms with E-state index in [1.807, 2.05) is 0 Å². The lowest BCUT2D eigenvalue weighted by Crippen LogP contribution is -2.13. The van der Waals surface area contributed by atoms with Crippen LogP contribution in [0.2, 0.25) is 0 Å². The van der Waals surface area contributed by atoms with Crippen LogP contribution in [0.3, 0.4) is 0 Å². The van der Waals surface area contributed by atoms with Crippen molar-refractivity contribution in [3.8, 4) is 0 Å². The number of aromatic nitrogens is 1. The molecule has 0 saturated carbocycles. The normalized spacial score (nSPS) is 11.7. The zero-order valence-electron chi connectivity index (χ0n) is 10.8. The monoisotopic (exact) mass is 342 g/mol. The third kappa shape index (κ3) is 2.72. The Balaban J connectivity index is 1.98. The van der Waals surface area contributed by atoms with Gasteiger partial charge in [0.1, 0.15) is 0 Å². The van der Waals surface area contributed by atoms with E-state index < -0.39 is 26.6 Å². The SMILES string of the molecule is O=c1[nH]c2ccc(NS(=O)(=O)c3ccc(F)c(F)c3)cc2s1. The summed E-state index contributed by atoms with van der Waals surface area (Å²) in [6.07, 6.45) is 0. The first-order valence-corrected chi connectivity index (χ1v) is 8.26. The predicted molar refractivity (Wildman–Crippen MR) is 79.6 cm³/mol. The maximum absolute atomic E-state index is 13.2. The fourth-order valence-corrected chi connectivity index (χ4v) is 3.70. The Morgan fingerprint density at radius 2 is 1.82 bits per heavy atom. The molecule has 3 rings (SSSR count). The molecule has 0 amide bonds. The van der Waals surface area contributed by atoms with Gasteiger partial charge in [0.25, 0.3) is 10.0 Å². The van der Waals surface area contributed by atoms with E-state index in [4.69, 9.17) is 0 Å². The number of benzene rings is 2. The number of thiazole rings is 1. The van der Waals surface area contributed by atoms with Gasteiger partial charge in [-0.05, 0) is 36.4 Å². The molecular formula is C13H8F2N2O3S2. The quantitative estimate of drug-likeness (QED) is 0.768. The number of sulfonamides is 1. The highest BCUT2D eigenvalue weighted by atomic mass is 32.2. The molecule has 0 aliphatic heterocycles. The Hall–Kier alpha value is -2.26. The van der Waals surface area contributed by atoms with Gasteiger partial charge in [-0.15, -0.1) is 0 Å². The van der Waals surface area contributed by atoms with Gasteiger partial charge in [0, 0.05) is 0 Å². The van der Waals surface area contributed by atoms with E-state index in [1.54, 1.807) is 6.07 Å². The number of rotatable bonds is 3. The smallest absolute Gasteiger partial charge is 0.305 e. The van der Waals surface area contributed by atoms with Crippen LogP contribution in [0.5, 0.6) is 0 Å². The molecule has 2 aromatic carbocycles. The van der Waals surface area contributed by atoms with Crippen molar-refractivity contribution in [3.05, 3.63) is 57.7 Å². The van der Waals surface area contributed by atoms with Gasteiger partial charge in [-0.3, -0.25) is 9.52 Å². The molecule has 114 valence electrons. The fourth-order valence-electron chi connectivity index (χ4n) is 1.87. The molecule has 0 radical (unpaired) electrons. The summed E-state index contributed by atoms with van der Waals surface area (Å²) < 4.78 is 53.1. The minimum atomic E-state index is -4.05. The zero-order chi connectivity index (χ0) is 15.9. The number of halogens is 2. The van der Waals surface area contributed by atoms with Crippen LogP contribution < -0.4 is 9.60 Å². The van der Waals surface area contributed by atoms with Crippen LogP contribution in [0.4, 0.5) is 14.5 Å². The van der Waals surface area contributed by atoms with E-state index in [9.17, 15) is 22.0 Å². The molecule has 0 aliphatic rings. The lowest BCUT2D eigenvalue weighted by atomic mass is 10.3. The second-order valence-electron chi connectivity index (χ2n) is 4.41. The van der Waals surface area contributed by atoms with Gasteiger partial charge >= 0.3 is 4.87 Å². The fraction of sp³-hybridized carbons (Fsp3) is 0. The van der Waals surface area contributed by atoms with Crippen molar-refractivity contribution in [2.45, 2.75) is 4.90 Å². The Kier molecular flexibility index (Phi) is 3.45. The molecule has 0 spiro atoms. The molecule has 1 aromatic heterocycles. The number of anilines is 1. The Morgan fingerprint density at radius 3 is 2.55 bits per heavy atom. The van der Waals surface area contributed by atoms with E-state index in [0.717, 1.165) is 23.5 Å². The number of nitrogens with one attached hydrogen (secondary N) is 2. The highest BCUT2D eigenvalue weighted by Crippen LogP contribution is 2.22. The topological polar surface area (TPSA) is 79.0 Å². The first kappa shape index (κ1) is 14.7. The molecule has 9 heteroatoms. The molecule has 22 heavy (non-hydrogen) atoms. The maximum Gasteiger partial charge on any atom is 0.305 e. The summed E-state index contributed by atoms with van der Waals surface area (Å²) >= 11 is 0.937. The lowest BCUT2D eigenvalue weighted by molar-refractivity contribution is 0.504. The van der Waals surface area contributed by atoms with Gasteiger partial charge < -0.3 is 4.98 Å². The van der Waals surface area contributed by atoms with Crippen molar-refractivity contribution >= 4 is 37.3 Å². The number of fused-ring (bicyclic) bond motifs is 1. The molecule has 0 atom stereocenters. The summed E-state index contributed by atoms with van der Waals surface area (Å²) in [7, 11) is -4.05. The van der Waals surface area contributed by atoms with Gasteiger partial charge in [0.2, 0.25) is 0 Å². The highest BCUT2D eigenvalue weighted by molar-refractivity contribution is 7.92. The number of H-pyrrole nitrogens is 1. The van der Waals surface area contributed by atoms with Crippen molar-refractivity contribution in [1.82, 2.24) is 4.98 Å². The number of hydrogen-bond donors (Lipinski definition) is 2. The summed E-state index contributed by atoms with van der Waals surface area (Å²) in [5.41, 5.74) is 0.804. The molecule has 0 saturated heterocycles. The van der Waals surface area contributed by atoms with E-state index in [2.05, 4.69) is 9.71 Å². The number of aromatic amines is 1. The minimum Gasteiger partial charge on any atom is -0.312 e. The van der Waals surface area contributed by atoms with Crippen LogP contribution in [0, 0.1) is 11.6 Å². The molecule has 0 fully saturated rings. The second kappa shape index (κ2) is 5.18. The van der Waals surface area contributed by atoms with Gasteiger partial charge in [-0.25, -0.2) is 17.2 Å². The molecule has 2 N–H and O–H groups in total. The third-order valence-electron chi connectivity index (χ3n) is 2.87. The Morgan fingerprint density at radius 1 is 1.05 bits per heavy atom. The molecule has 3 aromatic rings. The van der Waals surface area contributed by atoms with Crippen molar-refractivity contribution in [3.63, 3.8) is 0 Å². The molecule has 0 unspecified atom stereocenters. The summed E-state index contributed by atoms with van der Waals surface area (Å²) in [5, 5.41) is 0. The Bertz CT molecular complexity index is 1030. The van der Waals surface area contributed by atoms with Gasteiger partial charge in [-0.2, -0.15) is 0 Å². The molecule has 0 bridgehead atoms. The van der Waals surface area contributed by atoms with Gasteiger partial charge in [0.15, 0.2) is 11.6 Å². The standard InChI is InChI=1S/C13H8F2N2O3S2/c14-9-3-2-8(6-10(9)15)22(19,20)17-7-1-4-11-12(5-7)21-13(18)16-11/h1-6,17H,(H,16,18). The van der Waals surface area contributed by atoms with Crippen LogP contribution in [0.15, 0.2) is 46.1 Å². The lowest BCUT2D eigenvalue weighted by Gasteiger charge is -2.08. The first-order chi connectivity index (χ1) is 10.3. The zero-order valence-corrected chi connectivity index (χ0v) is 12.4. The van der Waals surface area contributed by atoms with Crippen LogP contribution in [0.1, 0.15) is 0 Å². The molecule has 0 aliphatic carbocycles. The van der Waals surface area contributed by atoms with Gasteiger partial charge in [-0.1, -0.05) is 11.3 Å². The highest BCUT2D eigenvalue weighted by Gasteiger charge is 2.17. The largest absolute Gasteiger partial charge is 0.312 e. The molecule has 1 heterocycles. The summed E-state index contributed by atoms with van der Waals surface area (Å²) in [5.74, 6) is -2.38.